The number of ether oxygens (including phenoxy) is 2. The van der Waals surface area contributed by atoms with E-state index in [9.17, 15) is 4.79 Å². The van der Waals surface area contributed by atoms with E-state index in [1.54, 1.807) is 30.0 Å². The van der Waals surface area contributed by atoms with Crippen LogP contribution < -0.4 is 4.74 Å². The Kier molecular flexibility index (Phi) is 5.97. The van der Waals surface area contributed by atoms with E-state index in [0.717, 1.165) is 27.0 Å². The molecule has 0 saturated carbocycles. The van der Waals surface area contributed by atoms with Crippen LogP contribution in [-0.2, 0) is 9.53 Å². The fraction of sp³-hybridized carbons (Fsp3) is 0.167. The van der Waals surface area contributed by atoms with Crippen LogP contribution in [-0.4, -0.2) is 46.0 Å². The average molecular weight is 477 g/mol. The Bertz CT molecular complexity index is 1390. The minimum absolute atomic E-state index is 0.284. The second kappa shape index (κ2) is 9.21. The lowest BCUT2D eigenvalue weighted by atomic mass is 10.0. The number of thiophene rings is 1. The van der Waals surface area contributed by atoms with Gasteiger partial charge in [0.2, 0.25) is 5.16 Å². The highest BCUT2D eigenvalue weighted by atomic mass is 32.2. The predicted octanol–water partition coefficient (Wildman–Crippen LogP) is 5.12. The van der Waals surface area contributed by atoms with Gasteiger partial charge in [0, 0.05) is 5.75 Å². The molecule has 33 heavy (non-hydrogen) atoms. The molecule has 3 heterocycles. The zero-order valence-electron chi connectivity index (χ0n) is 18.0. The third kappa shape index (κ3) is 4.29. The van der Waals surface area contributed by atoms with E-state index in [2.05, 4.69) is 10.2 Å². The summed E-state index contributed by atoms with van der Waals surface area (Å²) in [5.41, 5.74) is 1.93. The van der Waals surface area contributed by atoms with Crippen molar-refractivity contribution in [2.75, 3.05) is 19.5 Å². The predicted molar refractivity (Wildman–Crippen MR) is 132 cm³/mol. The molecule has 0 radical (unpaired) electrons. The van der Waals surface area contributed by atoms with Crippen molar-refractivity contribution in [2.45, 2.75) is 12.1 Å². The molecule has 0 aliphatic carbocycles. The van der Waals surface area contributed by atoms with E-state index in [4.69, 9.17) is 14.6 Å². The van der Waals surface area contributed by atoms with Gasteiger partial charge in [-0.3, -0.25) is 0 Å². The quantitative estimate of drug-likeness (QED) is 0.284. The van der Waals surface area contributed by atoms with Crippen molar-refractivity contribution in [2.24, 2.45) is 5.10 Å². The summed E-state index contributed by atoms with van der Waals surface area (Å²) in [6, 6.07) is 15.9. The van der Waals surface area contributed by atoms with Crippen LogP contribution in [0.1, 0.15) is 12.5 Å². The van der Waals surface area contributed by atoms with Crippen LogP contribution in [0.2, 0.25) is 0 Å². The van der Waals surface area contributed by atoms with Gasteiger partial charge in [-0.25, -0.2) is 4.79 Å². The van der Waals surface area contributed by atoms with Gasteiger partial charge in [-0.2, -0.15) is 9.78 Å². The van der Waals surface area contributed by atoms with E-state index in [1.807, 2.05) is 60.0 Å². The van der Waals surface area contributed by atoms with E-state index in [-0.39, 0.29) is 6.61 Å². The highest BCUT2D eigenvalue weighted by Crippen LogP contribution is 2.31. The highest BCUT2D eigenvalue weighted by Gasteiger charge is 2.26. The number of fused-ring (bicyclic) bond motifs is 2. The number of esters is 1. The molecule has 5 rings (SSSR count). The van der Waals surface area contributed by atoms with E-state index in [1.165, 1.54) is 11.8 Å². The van der Waals surface area contributed by atoms with E-state index < -0.39 is 5.97 Å². The maximum Gasteiger partial charge on any atom is 0.340 e. The zero-order chi connectivity index (χ0) is 22.8. The lowest BCUT2D eigenvalue weighted by molar-refractivity contribution is -0.137. The Morgan fingerprint density at radius 3 is 2.79 bits per heavy atom. The van der Waals surface area contributed by atoms with Gasteiger partial charge in [0.15, 0.2) is 5.82 Å². The first kappa shape index (κ1) is 21.4. The SMILES string of the molecule is CCOC(=O)/C(=C\c1ccc2cc(OC)ccc2c1)C1=Nn2c(nnc2-c2cccs2)SC1. The van der Waals surface area contributed by atoms with Gasteiger partial charge in [-0.15, -0.1) is 21.5 Å². The first-order valence-electron chi connectivity index (χ1n) is 10.3. The summed E-state index contributed by atoms with van der Waals surface area (Å²) in [5.74, 6) is 1.56. The number of carbonyl (C=O) groups is 1. The van der Waals surface area contributed by atoms with Crippen molar-refractivity contribution in [3.8, 4) is 16.5 Å². The van der Waals surface area contributed by atoms with E-state index >= 15 is 0 Å². The normalized spacial score (nSPS) is 13.5. The number of methoxy groups -OCH3 is 1. The number of aromatic nitrogens is 3. The number of rotatable bonds is 6. The Labute approximate surface area is 198 Å². The number of carbonyl (C=O) groups excluding carboxylic acids is 1. The average Bonchev–Trinajstić information content (AvgIpc) is 3.51. The molecule has 0 fully saturated rings. The fourth-order valence-electron chi connectivity index (χ4n) is 3.51. The highest BCUT2D eigenvalue weighted by molar-refractivity contribution is 7.99. The molecule has 0 N–H and O–H groups in total. The Hall–Kier alpha value is -3.43. The second-order valence-electron chi connectivity index (χ2n) is 7.18. The Morgan fingerprint density at radius 2 is 2.00 bits per heavy atom. The summed E-state index contributed by atoms with van der Waals surface area (Å²) in [7, 11) is 1.65. The third-order valence-electron chi connectivity index (χ3n) is 5.10. The van der Waals surface area contributed by atoms with Crippen LogP contribution in [0.4, 0.5) is 0 Å². The molecule has 0 amide bonds. The molecule has 9 heteroatoms. The van der Waals surface area contributed by atoms with E-state index in [0.29, 0.717) is 28.0 Å². The van der Waals surface area contributed by atoms with Crippen LogP contribution >= 0.6 is 23.1 Å². The molecular formula is C24H20N4O3S2. The largest absolute Gasteiger partial charge is 0.497 e. The number of benzene rings is 2. The summed E-state index contributed by atoms with van der Waals surface area (Å²) < 4.78 is 12.4. The van der Waals surface area contributed by atoms with Crippen LogP contribution in [0.15, 0.2) is 69.7 Å². The topological polar surface area (TPSA) is 78.6 Å². The number of nitrogens with zero attached hydrogens (tertiary/aromatic N) is 4. The lowest BCUT2D eigenvalue weighted by Gasteiger charge is -2.15. The molecule has 1 aliphatic heterocycles. The summed E-state index contributed by atoms with van der Waals surface area (Å²) in [6.45, 7) is 2.08. The summed E-state index contributed by atoms with van der Waals surface area (Å²) >= 11 is 3.06. The monoisotopic (exact) mass is 476 g/mol. The minimum atomic E-state index is -0.402. The standard InChI is InChI=1S/C24H20N4O3S2/c1-3-31-23(29)19(12-15-6-7-17-13-18(30-2)9-8-16(17)11-15)20-14-33-24-26-25-22(28(24)27-20)21-5-4-10-32-21/h4-13H,3,14H2,1-2H3/b19-12-. The molecular weight excluding hydrogens is 456 g/mol. The third-order valence-corrected chi connectivity index (χ3v) is 6.90. The van der Waals surface area contributed by atoms with Crippen LogP contribution in [0.5, 0.6) is 5.75 Å². The molecule has 0 saturated heterocycles. The smallest absolute Gasteiger partial charge is 0.340 e. The molecule has 166 valence electrons. The van der Waals surface area contributed by atoms with Gasteiger partial charge in [0.05, 0.1) is 29.9 Å². The maximum absolute atomic E-state index is 12.9. The van der Waals surface area contributed by atoms with Crippen molar-refractivity contribution < 1.29 is 14.3 Å². The number of thioether (sulfide) groups is 1. The Morgan fingerprint density at radius 1 is 1.15 bits per heavy atom. The van der Waals surface area contributed by atoms with Crippen molar-refractivity contribution >= 4 is 51.6 Å². The number of hydrogen-bond acceptors (Lipinski definition) is 8. The second-order valence-corrected chi connectivity index (χ2v) is 9.07. The van der Waals surface area contributed by atoms with Crippen molar-refractivity contribution in [3.63, 3.8) is 0 Å². The van der Waals surface area contributed by atoms with Crippen LogP contribution in [0.25, 0.3) is 27.6 Å². The maximum atomic E-state index is 12.9. The zero-order valence-corrected chi connectivity index (χ0v) is 19.7. The van der Waals surface area contributed by atoms with Crippen molar-refractivity contribution in [1.82, 2.24) is 14.9 Å². The first-order valence-corrected chi connectivity index (χ1v) is 12.2. The molecule has 2 aromatic heterocycles. The van der Waals surface area contributed by atoms with Crippen LogP contribution in [0.3, 0.4) is 0 Å². The molecule has 1 aliphatic rings. The van der Waals surface area contributed by atoms with Crippen LogP contribution in [0, 0.1) is 0 Å². The molecule has 7 nitrogen and oxygen atoms in total. The molecule has 4 aromatic rings. The number of hydrogen-bond donors (Lipinski definition) is 0. The fourth-order valence-corrected chi connectivity index (χ4v) is 5.03. The summed E-state index contributed by atoms with van der Waals surface area (Å²) in [6.07, 6.45) is 1.83. The summed E-state index contributed by atoms with van der Waals surface area (Å²) in [5, 5.41) is 18.1. The first-order chi connectivity index (χ1) is 16.2. The molecule has 0 unspecified atom stereocenters. The van der Waals surface area contributed by atoms with Gasteiger partial charge in [0.1, 0.15) is 5.75 Å². The van der Waals surface area contributed by atoms with Gasteiger partial charge in [-0.1, -0.05) is 36.0 Å². The molecule has 0 atom stereocenters. The van der Waals surface area contributed by atoms with Gasteiger partial charge >= 0.3 is 5.97 Å². The summed E-state index contributed by atoms with van der Waals surface area (Å²) in [4.78, 5) is 13.9. The molecule has 0 bridgehead atoms. The van der Waals surface area contributed by atoms with Gasteiger partial charge < -0.3 is 9.47 Å². The van der Waals surface area contributed by atoms with Gasteiger partial charge in [0.25, 0.3) is 0 Å². The molecule has 0 spiro atoms. The Balaban J connectivity index is 1.57. The lowest BCUT2D eigenvalue weighted by Crippen LogP contribution is -2.21. The van der Waals surface area contributed by atoms with Crippen molar-refractivity contribution in [3.05, 3.63) is 65.0 Å². The molecule has 2 aromatic carbocycles. The van der Waals surface area contributed by atoms with Crippen molar-refractivity contribution in [1.29, 1.82) is 0 Å². The minimum Gasteiger partial charge on any atom is -0.497 e. The van der Waals surface area contributed by atoms with Gasteiger partial charge in [-0.05, 0) is 59.0 Å².